The van der Waals surface area contributed by atoms with E-state index in [0.717, 1.165) is 36.9 Å². The van der Waals surface area contributed by atoms with Gasteiger partial charge in [0, 0.05) is 12.6 Å². The van der Waals surface area contributed by atoms with Crippen molar-refractivity contribution in [3.63, 3.8) is 0 Å². The van der Waals surface area contributed by atoms with Crippen LogP contribution in [-0.2, 0) is 19.4 Å². The first-order chi connectivity index (χ1) is 6.81. The fourth-order valence-electron chi connectivity index (χ4n) is 1.81. The molecule has 1 aromatic heterocycles. The van der Waals surface area contributed by atoms with Crippen LogP contribution in [0.5, 0.6) is 0 Å². The molecule has 3 nitrogen and oxygen atoms in total. The fourth-order valence-corrected chi connectivity index (χ4v) is 1.81. The molecule has 0 bridgehead atoms. The minimum Gasteiger partial charge on any atom is -0.268 e. The maximum atomic E-state index is 11.6. The van der Waals surface area contributed by atoms with Gasteiger partial charge >= 0.3 is 0 Å². The van der Waals surface area contributed by atoms with E-state index in [9.17, 15) is 4.79 Å². The molecule has 74 valence electrons. The minimum atomic E-state index is 0.0208. The monoisotopic (exact) mass is 190 g/mol. The zero-order valence-electron chi connectivity index (χ0n) is 8.20. The highest BCUT2D eigenvalue weighted by Crippen LogP contribution is 2.16. The number of aromatic nitrogens is 2. The topological polar surface area (TPSA) is 34.9 Å². The molecule has 0 aromatic carbocycles. The molecule has 3 heteroatoms. The number of nitrogens with zero attached hydrogens (tertiary/aromatic N) is 2. The lowest BCUT2D eigenvalue weighted by Crippen LogP contribution is -2.23. The number of hydrogen-bond donors (Lipinski definition) is 0. The average Bonchev–Trinajstić information content (AvgIpc) is 2.61. The van der Waals surface area contributed by atoms with Crippen LogP contribution >= 0.6 is 0 Å². The van der Waals surface area contributed by atoms with E-state index in [4.69, 9.17) is 0 Å². The van der Waals surface area contributed by atoms with E-state index >= 15 is 0 Å². The van der Waals surface area contributed by atoms with Gasteiger partial charge < -0.3 is 0 Å². The Bertz CT molecular complexity index is 406. The Hall–Kier alpha value is -1.38. The SMILES string of the molecule is C=CCCn1nc2c(cc1=O)CCC2. The van der Waals surface area contributed by atoms with E-state index in [2.05, 4.69) is 11.7 Å². The summed E-state index contributed by atoms with van der Waals surface area (Å²) in [7, 11) is 0. The molecule has 1 heterocycles. The van der Waals surface area contributed by atoms with Gasteiger partial charge in [-0.05, 0) is 31.2 Å². The molecule has 0 saturated heterocycles. The number of fused-ring (bicyclic) bond motifs is 1. The maximum Gasteiger partial charge on any atom is 0.267 e. The summed E-state index contributed by atoms with van der Waals surface area (Å²) in [4.78, 5) is 11.6. The molecule has 0 N–H and O–H groups in total. The Balaban J connectivity index is 2.32. The molecular weight excluding hydrogens is 176 g/mol. The lowest BCUT2D eigenvalue weighted by atomic mass is 10.2. The Kier molecular flexibility index (Phi) is 2.48. The largest absolute Gasteiger partial charge is 0.268 e. The van der Waals surface area contributed by atoms with Crippen molar-refractivity contribution in [1.82, 2.24) is 9.78 Å². The van der Waals surface area contributed by atoms with E-state index in [1.807, 2.05) is 0 Å². The third kappa shape index (κ3) is 1.62. The lowest BCUT2D eigenvalue weighted by molar-refractivity contribution is 0.573. The smallest absolute Gasteiger partial charge is 0.267 e. The number of aryl methyl sites for hydroxylation is 3. The third-order valence-electron chi connectivity index (χ3n) is 2.57. The highest BCUT2D eigenvalue weighted by atomic mass is 16.1. The fraction of sp³-hybridized carbons (Fsp3) is 0.455. The Morgan fingerprint density at radius 3 is 3.21 bits per heavy atom. The van der Waals surface area contributed by atoms with Crippen LogP contribution in [0.15, 0.2) is 23.5 Å². The molecule has 0 radical (unpaired) electrons. The van der Waals surface area contributed by atoms with Gasteiger partial charge in [0.25, 0.3) is 5.56 Å². The molecule has 0 atom stereocenters. The van der Waals surface area contributed by atoms with Crippen molar-refractivity contribution in [2.45, 2.75) is 32.2 Å². The van der Waals surface area contributed by atoms with Crippen LogP contribution in [0, 0.1) is 0 Å². The van der Waals surface area contributed by atoms with Crippen molar-refractivity contribution in [2.24, 2.45) is 0 Å². The third-order valence-corrected chi connectivity index (χ3v) is 2.57. The zero-order chi connectivity index (χ0) is 9.97. The van der Waals surface area contributed by atoms with Gasteiger partial charge in [-0.25, -0.2) is 4.68 Å². The predicted molar refractivity (Wildman–Crippen MR) is 55.3 cm³/mol. The van der Waals surface area contributed by atoms with E-state index in [1.165, 1.54) is 0 Å². The normalized spacial score (nSPS) is 14.0. The van der Waals surface area contributed by atoms with Gasteiger partial charge in [-0.1, -0.05) is 6.08 Å². The van der Waals surface area contributed by atoms with Crippen LogP contribution in [-0.4, -0.2) is 9.78 Å². The predicted octanol–water partition coefficient (Wildman–Crippen LogP) is 1.31. The minimum absolute atomic E-state index is 0.0208. The highest BCUT2D eigenvalue weighted by Gasteiger charge is 2.13. The lowest BCUT2D eigenvalue weighted by Gasteiger charge is -2.04. The van der Waals surface area contributed by atoms with Gasteiger partial charge in [0.2, 0.25) is 0 Å². The van der Waals surface area contributed by atoms with E-state index in [0.29, 0.717) is 6.54 Å². The zero-order valence-corrected chi connectivity index (χ0v) is 8.20. The summed E-state index contributed by atoms with van der Waals surface area (Å²) in [6, 6.07) is 1.73. The molecule has 0 amide bonds. The second-order valence-electron chi connectivity index (χ2n) is 3.61. The standard InChI is InChI=1S/C11H14N2O/c1-2-3-7-13-11(14)8-9-5-4-6-10(9)12-13/h2,8H,1,3-7H2. The van der Waals surface area contributed by atoms with Crippen molar-refractivity contribution in [3.05, 3.63) is 40.3 Å². The molecule has 1 aliphatic rings. The molecule has 0 saturated carbocycles. The van der Waals surface area contributed by atoms with Crippen LogP contribution in [0.1, 0.15) is 24.1 Å². The molecule has 1 aromatic rings. The molecule has 0 aliphatic heterocycles. The number of allylic oxidation sites excluding steroid dienone is 1. The van der Waals surface area contributed by atoms with Crippen molar-refractivity contribution >= 4 is 0 Å². The molecule has 2 rings (SSSR count). The Morgan fingerprint density at radius 1 is 1.57 bits per heavy atom. The molecule has 14 heavy (non-hydrogen) atoms. The summed E-state index contributed by atoms with van der Waals surface area (Å²) in [6.07, 6.45) is 5.77. The second kappa shape index (κ2) is 3.78. The molecule has 1 aliphatic carbocycles. The highest BCUT2D eigenvalue weighted by molar-refractivity contribution is 5.22. The van der Waals surface area contributed by atoms with Gasteiger partial charge in [-0.15, -0.1) is 6.58 Å². The van der Waals surface area contributed by atoms with Crippen LogP contribution in [0.2, 0.25) is 0 Å². The molecule has 0 spiro atoms. The average molecular weight is 190 g/mol. The van der Waals surface area contributed by atoms with Crippen molar-refractivity contribution in [3.8, 4) is 0 Å². The number of hydrogen-bond acceptors (Lipinski definition) is 2. The quantitative estimate of drug-likeness (QED) is 0.673. The van der Waals surface area contributed by atoms with Gasteiger partial charge in [0.1, 0.15) is 0 Å². The van der Waals surface area contributed by atoms with Crippen LogP contribution in [0.25, 0.3) is 0 Å². The van der Waals surface area contributed by atoms with E-state index < -0.39 is 0 Å². The Labute approximate surface area is 83.1 Å². The first kappa shape index (κ1) is 9.19. The van der Waals surface area contributed by atoms with Crippen molar-refractivity contribution in [2.75, 3.05) is 0 Å². The summed E-state index contributed by atoms with van der Waals surface area (Å²) >= 11 is 0. The summed E-state index contributed by atoms with van der Waals surface area (Å²) in [5.41, 5.74) is 2.27. The van der Waals surface area contributed by atoms with Gasteiger partial charge in [-0.2, -0.15) is 5.10 Å². The first-order valence-electron chi connectivity index (χ1n) is 5.02. The molecule has 0 fully saturated rings. The van der Waals surface area contributed by atoms with Gasteiger partial charge in [-0.3, -0.25) is 4.79 Å². The summed E-state index contributed by atoms with van der Waals surface area (Å²) < 4.78 is 1.55. The summed E-state index contributed by atoms with van der Waals surface area (Å²) in [5.74, 6) is 0. The molecule has 0 unspecified atom stereocenters. The summed E-state index contributed by atoms with van der Waals surface area (Å²) in [6.45, 7) is 4.28. The van der Waals surface area contributed by atoms with E-state index in [-0.39, 0.29) is 5.56 Å². The van der Waals surface area contributed by atoms with E-state index in [1.54, 1.807) is 16.8 Å². The van der Waals surface area contributed by atoms with Crippen molar-refractivity contribution < 1.29 is 0 Å². The van der Waals surface area contributed by atoms with Crippen LogP contribution in [0.4, 0.5) is 0 Å². The van der Waals surface area contributed by atoms with Crippen molar-refractivity contribution in [1.29, 1.82) is 0 Å². The van der Waals surface area contributed by atoms with Gasteiger partial charge in [0.15, 0.2) is 0 Å². The van der Waals surface area contributed by atoms with Gasteiger partial charge in [0.05, 0.1) is 5.69 Å². The number of rotatable bonds is 3. The Morgan fingerprint density at radius 2 is 2.43 bits per heavy atom. The first-order valence-corrected chi connectivity index (χ1v) is 5.02. The molecular formula is C11H14N2O. The van der Waals surface area contributed by atoms with Crippen LogP contribution in [0.3, 0.4) is 0 Å². The van der Waals surface area contributed by atoms with Crippen LogP contribution < -0.4 is 5.56 Å². The second-order valence-corrected chi connectivity index (χ2v) is 3.61. The maximum absolute atomic E-state index is 11.6. The summed E-state index contributed by atoms with van der Waals surface area (Å²) in [5, 5.41) is 4.35.